The highest BCUT2D eigenvalue weighted by Crippen LogP contribution is 2.29. The Morgan fingerprint density at radius 3 is 2.70 bits per heavy atom. The van der Waals surface area contributed by atoms with Crippen molar-refractivity contribution in [3.63, 3.8) is 0 Å². The number of anilines is 2. The Balaban J connectivity index is 2.04. The van der Waals surface area contributed by atoms with E-state index in [-0.39, 0.29) is 18.3 Å². The molecule has 0 unspecified atom stereocenters. The lowest BCUT2D eigenvalue weighted by atomic mass is 10.0. The number of carboxylic acid groups (broad SMARTS) is 1. The fourth-order valence-corrected chi connectivity index (χ4v) is 2.50. The van der Waals surface area contributed by atoms with E-state index < -0.39 is 5.97 Å². The average molecular weight is 280 g/mol. The molecule has 0 bridgehead atoms. The van der Waals surface area contributed by atoms with Crippen LogP contribution < -0.4 is 10.6 Å². The topological polar surface area (TPSA) is 96.0 Å². The van der Waals surface area contributed by atoms with Crippen LogP contribution in [0.4, 0.5) is 11.4 Å². The molecule has 6 heteroatoms. The van der Waals surface area contributed by atoms with Gasteiger partial charge in [0.25, 0.3) is 0 Å². The molecule has 1 fully saturated rings. The second kappa shape index (κ2) is 6.58. The molecule has 2 rings (SSSR count). The molecular weight excluding hydrogens is 260 g/mol. The SMILES string of the molecule is Nc1c(C(=O)O)cccc1N1CCC(OCCO)CC1. The van der Waals surface area contributed by atoms with Crippen LogP contribution >= 0.6 is 0 Å². The van der Waals surface area contributed by atoms with Gasteiger partial charge in [0, 0.05) is 13.1 Å². The molecule has 1 aromatic carbocycles. The van der Waals surface area contributed by atoms with Crippen molar-refractivity contribution in [1.29, 1.82) is 0 Å². The summed E-state index contributed by atoms with van der Waals surface area (Å²) in [7, 11) is 0. The van der Waals surface area contributed by atoms with Crippen LogP contribution in [0.5, 0.6) is 0 Å². The lowest BCUT2D eigenvalue weighted by Gasteiger charge is -2.34. The Kier molecular flexibility index (Phi) is 4.81. The number of ether oxygens (including phenoxy) is 1. The predicted molar refractivity (Wildman–Crippen MR) is 76.1 cm³/mol. The van der Waals surface area contributed by atoms with Crippen molar-refractivity contribution in [2.24, 2.45) is 0 Å². The minimum atomic E-state index is -1.01. The number of para-hydroxylation sites is 1. The third kappa shape index (κ3) is 3.20. The summed E-state index contributed by atoms with van der Waals surface area (Å²) in [5, 5.41) is 17.8. The second-order valence-electron chi connectivity index (χ2n) is 4.82. The average Bonchev–Trinajstić information content (AvgIpc) is 2.46. The highest BCUT2D eigenvalue weighted by Gasteiger charge is 2.22. The normalized spacial score (nSPS) is 16.4. The lowest BCUT2D eigenvalue weighted by molar-refractivity contribution is 0.0159. The van der Waals surface area contributed by atoms with E-state index in [1.54, 1.807) is 6.07 Å². The first kappa shape index (κ1) is 14.6. The first-order valence-corrected chi connectivity index (χ1v) is 6.72. The maximum absolute atomic E-state index is 11.1. The van der Waals surface area contributed by atoms with Gasteiger partial charge in [0.1, 0.15) is 0 Å². The summed E-state index contributed by atoms with van der Waals surface area (Å²) in [5.41, 5.74) is 7.17. The maximum Gasteiger partial charge on any atom is 0.337 e. The molecule has 0 aromatic heterocycles. The van der Waals surface area contributed by atoms with Crippen LogP contribution in [0, 0.1) is 0 Å². The quantitative estimate of drug-likeness (QED) is 0.695. The molecule has 1 saturated heterocycles. The summed E-state index contributed by atoms with van der Waals surface area (Å²) < 4.78 is 5.51. The highest BCUT2D eigenvalue weighted by molar-refractivity contribution is 5.97. The van der Waals surface area contributed by atoms with E-state index in [0.29, 0.717) is 12.3 Å². The Labute approximate surface area is 117 Å². The van der Waals surface area contributed by atoms with Crippen LogP contribution in [0.15, 0.2) is 18.2 Å². The Hall–Kier alpha value is -1.79. The minimum absolute atomic E-state index is 0.0355. The Bertz CT molecular complexity index is 470. The van der Waals surface area contributed by atoms with Gasteiger partial charge < -0.3 is 25.6 Å². The van der Waals surface area contributed by atoms with Gasteiger partial charge in [0.2, 0.25) is 0 Å². The molecule has 0 radical (unpaired) electrons. The summed E-state index contributed by atoms with van der Waals surface area (Å²) in [5.74, 6) is -1.01. The number of nitrogen functional groups attached to an aromatic ring is 1. The standard InChI is InChI=1S/C14H20N2O4/c15-13-11(14(18)19)2-1-3-12(13)16-6-4-10(5-7-16)20-9-8-17/h1-3,10,17H,4-9,15H2,(H,18,19). The molecule has 1 aliphatic heterocycles. The fraction of sp³-hybridized carbons (Fsp3) is 0.500. The first-order chi connectivity index (χ1) is 9.63. The number of aromatic carboxylic acids is 1. The number of rotatable bonds is 5. The molecule has 0 aliphatic carbocycles. The van der Waals surface area contributed by atoms with E-state index in [2.05, 4.69) is 4.90 Å². The van der Waals surface area contributed by atoms with Gasteiger partial charge >= 0.3 is 5.97 Å². The van der Waals surface area contributed by atoms with Gasteiger partial charge in [0.05, 0.1) is 36.3 Å². The van der Waals surface area contributed by atoms with E-state index in [0.717, 1.165) is 31.6 Å². The third-order valence-corrected chi connectivity index (χ3v) is 3.54. The van der Waals surface area contributed by atoms with Crippen molar-refractivity contribution in [2.75, 3.05) is 36.9 Å². The molecular formula is C14H20N2O4. The molecule has 0 spiro atoms. The zero-order chi connectivity index (χ0) is 14.5. The molecule has 110 valence electrons. The van der Waals surface area contributed by atoms with Gasteiger partial charge in [0.15, 0.2) is 0 Å². The number of benzene rings is 1. The summed E-state index contributed by atoms with van der Waals surface area (Å²) in [6, 6.07) is 5.07. The maximum atomic E-state index is 11.1. The summed E-state index contributed by atoms with van der Waals surface area (Å²) >= 11 is 0. The number of piperidine rings is 1. The zero-order valence-corrected chi connectivity index (χ0v) is 11.3. The summed E-state index contributed by atoms with van der Waals surface area (Å²) in [6.45, 7) is 1.93. The van der Waals surface area contributed by atoms with Gasteiger partial charge in [-0.15, -0.1) is 0 Å². The smallest absolute Gasteiger partial charge is 0.337 e. The van der Waals surface area contributed by atoms with E-state index in [4.69, 9.17) is 20.7 Å². The van der Waals surface area contributed by atoms with Crippen LogP contribution in [0.3, 0.4) is 0 Å². The van der Waals surface area contributed by atoms with Gasteiger partial charge in [-0.1, -0.05) is 6.07 Å². The molecule has 0 amide bonds. The van der Waals surface area contributed by atoms with Crippen LogP contribution in [-0.4, -0.2) is 48.6 Å². The minimum Gasteiger partial charge on any atom is -0.478 e. The second-order valence-corrected chi connectivity index (χ2v) is 4.82. The lowest BCUT2D eigenvalue weighted by Crippen LogP contribution is -2.37. The fourth-order valence-electron chi connectivity index (χ4n) is 2.50. The number of aliphatic hydroxyl groups excluding tert-OH is 1. The first-order valence-electron chi connectivity index (χ1n) is 6.72. The molecule has 1 aromatic rings. The van der Waals surface area contributed by atoms with Crippen molar-refractivity contribution >= 4 is 17.3 Å². The summed E-state index contributed by atoms with van der Waals surface area (Å²) in [6.07, 6.45) is 1.84. The highest BCUT2D eigenvalue weighted by atomic mass is 16.5. The van der Waals surface area contributed by atoms with E-state index >= 15 is 0 Å². The number of carboxylic acids is 1. The number of aliphatic hydroxyl groups is 1. The number of hydrogen-bond donors (Lipinski definition) is 3. The van der Waals surface area contributed by atoms with Crippen molar-refractivity contribution in [3.8, 4) is 0 Å². The van der Waals surface area contributed by atoms with Gasteiger partial charge in [-0.2, -0.15) is 0 Å². The van der Waals surface area contributed by atoms with Gasteiger partial charge in [-0.3, -0.25) is 0 Å². The van der Waals surface area contributed by atoms with Crippen molar-refractivity contribution in [1.82, 2.24) is 0 Å². The van der Waals surface area contributed by atoms with Crippen LogP contribution in [0.1, 0.15) is 23.2 Å². The van der Waals surface area contributed by atoms with E-state index in [1.165, 1.54) is 6.07 Å². The predicted octanol–water partition coefficient (Wildman–Crippen LogP) is 0.945. The Morgan fingerprint density at radius 2 is 2.10 bits per heavy atom. The molecule has 0 atom stereocenters. The molecule has 4 N–H and O–H groups in total. The number of hydrogen-bond acceptors (Lipinski definition) is 5. The monoisotopic (exact) mass is 280 g/mol. The number of carbonyl (C=O) groups is 1. The summed E-state index contributed by atoms with van der Waals surface area (Å²) in [4.78, 5) is 13.2. The Morgan fingerprint density at radius 1 is 1.40 bits per heavy atom. The van der Waals surface area contributed by atoms with E-state index in [1.807, 2.05) is 6.07 Å². The van der Waals surface area contributed by atoms with Crippen molar-refractivity contribution in [3.05, 3.63) is 23.8 Å². The third-order valence-electron chi connectivity index (χ3n) is 3.54. The largest absolute Gasteiger partial charge is 0.478 e. The van der Waals surface area contributed by atoms with Crippen molar-refractivity contribution < 1.29 is 19.7 Å². The van der Waals surface area contributed by atoms with Crippen LogP contribution in [0.25, 0.3) is 0 Å². The van der Waals surface area contributed by atoms with Gasteiger partial charge in [-0.05, 0) is 25.0 Å². The van der Waals surface area contributed by atoms with E-state index in [9.17, 15) is 4.79 Å². The van der Waals surface area contributed by atoms with Crippen molar-refractivity contribution in [2.45, 2.75) is 18.9 Å². The zero-order valence-electron chi connectivity index (χ0n) is 11.3. The van der Waals surface area contributed by atoms with Crippen LogP contribution in [0.2, 0.25) is 0 Å². The number of nitrogens with two attached hydrogens (primary N) is 1. The molecule has 1 aliphatic rings. The molecule has 6 nitrogen and oxygen atoms in total. The molecule has 0 saturated carbocycles. The number of nitrogens with zero attached hydrogens (tertiary/aromatic N) is 1. The van der Waals surface area contributed by atoms with Gasteiger partial charge in [-0.25, -0.2) is 4.79 Å². The molecule has 1 heterocycles. The molecule has 20 heavy (non-hydrogen) atoms. The van der Waals surface area contributed by atoms with Crippen LogP contribution in [-0.2, 0) is 4.74 Å².